The molecule has 0 aliphatic carbocycles. The Balaban J connectivity index is 1.53. The van der Waals surface area contributed by atoms with Crippen molar-refractivity contribution in [1.29, 1.82) is 0 Å². The standard InChI is InChI=1S/C23H20FN5O5S/c1-33-15-10-11-17(20(13-15)34-2)21-25-23(28-27-21)26-22(30)14-6-5-7-16(12-14)35(31,32)29-19-9-4-3-8-18(19)24/h3-13,29H,1-2H3,(H2,25,26,27,28,30). The van der Waals surface area contributed by atoms with Crippen LogP contribution in [0.3, 0.4) is 0 Å². The van der Waals surface area contributed by atoms with Gasteiger partial charge in [-0.15, -0.1) is 5.10 Å². The number of amides is 1. The molecular formula is C23H20FN5O5S. The van der Waals surface area contributed by atoms with Gasteiger partial charge in [-0.3, -0.25) is 19.9 Å². The molecular weight excluding hydrogens is 477 g/mol. The number of carbonyl (C=O) groups is 1. The number of nitrogens with one attached hydrogen (secondary N) is 3. The van der Waals surface area contributed by atoms with Crippen molar-refractivity contribution in [3.05, 3.63) is 78.1 Å². The Morgan fingerprint density at radius 2 is 1.80 bits per heavy atom. The van der Waals surface area contributed by atoms with E-state index in [1.54, 1.807) is 18.2 Å². The summed E-state index contributed by atoms with van der Waals surface area (Å²) < 4.78 is 52.0. The van der Waals surface area contributed by atoms with Gasteiger partial charge in [0.1, 0.15) is 17.3 Å². The van der Waals surface area contributed by atoms with Gasteiger partial charge in [-0.1, -0.05) is 18.2 Å². The minimum Gasteiger partial charge on any atom is -0.497 e. The number of anilines is 2. The molecule has 35 heavy (non-hydrogen) atoms. The first-order valence-electron chi connectivity index (χ1n) is 10.1. The average molecular weight is 498 g/mol. The third-order valence-electron chi connectivity index (χ3n) is 4.90. The molecule has 12 heteroatoms. The van der Waals surface area contributed by atoms with Gasteiger partial charge in [0.15, 0.2) is 5.82 Å². The lowest BCUT2D eigenvalue weighted by atomic mass is 10.2. The van der Waals surface area contributed by atoms with Crippen LogP contribution >= 0.6 is 0 Å². The zero-order valence-electron chi connectivity index (χ0n) is 18.6. The fourth-order valence-electron chi connectivity index (χ4n) is 3.16. The molecule has 180 valence electrons. The maximum absolute atomic E-state index is 13.9. The number of methoxy groups -OCH3 is 2. The van der Waals surface area contributed by atoms with E-state index in [1.165, 1.54) is 56.7 Å². The minimum atomic E-state index is -4.14. The molecule has 0 saturated carbocycles. The molecule has 0 radical (unpaired) electrons. The lowest BCUT2D eigenvalue weighted by Gasteiger charge is -2.10. The molecule has 0 saturated heterocycles. The van der Waals surface area contributed by atoms with E-state index in [-0.39, 0.29) is 22.1 Å². The number of halogens is 1. The highest BCUT2D eigenvalue weighted by atomic mass is 32.2. The number of aromatic nitrogens is 3. The molecule has 0 fully saturated rings. The first-order chi connectivity index (χ1) is 16.8. The smallest absolute Gasteiger partial charge is 0.262 e. The van der Waals surface area contributed by atoms with Crippen LogP contribution in [0.1, 0.15) is 10.4 Å². The van der Waals surface area contributed by atoms with Crippen LogP contribution in [0.15, 0.2) is 71.6 Å². The van der Waals surface area contributed by atoms with E-state index in [9.17, 15) is 17.6 Å². The molecule has 1 aromatic heterocycles. The van der Waals surface area contributed by atoms with E-state index in [4.69, 9.17) is 9.47 Å². The van der Waals surface area contributed by atoms with Gasteiger partial charge in [-0.25, -0.2) is 12.8 Å². The van der Waals surface area contributed by atoms with Crippen molar-refractivity contribution in [2.75, 3.05) is 24.3 Å². The van der Waals surface area contributed by atoms with Crippen molar-refractivity contribution < 1.29 is 27.1 Å². The Hall–Kier alpha value is -4.45. The number of aromatic amines is 1. The zero-order valence-corrected chi connectivity index (χ0v) is 19.4. The van der Waals surface area contributed by atoms with Gasteiger partial charge in [-0.05, 0) is 42.5 Å². The minimum absolute atomic E-state index is 0.0272. The van der Waals surface area contributed by atoms with Crippen molar-refractivity contribution in [2.24, 2.45) is 0 Å². The van der Waals surface area contributed by atoms with Gasteiger partial charge >= 0.3 is 0 Å². The Labute approximate surface area is 200 Å². The summed E-state index contributed by atoms with van der Waals surface area (Å²) in [4.78, 5) is 16.8. The predicted molar refractivity (Wildman–Crippen MR) is 127 cm³/mol. The summed E-state index contributed by atoms with van der Waals surface area (Å²) in [7, 11) is -1.11. The fourth-order valence-corrected chi connectivity index (χ4v) is 4.27. The molecule has 0 atom stereocenters. The Morgan fingerprint density at radius 1 is 1.00 bits per heavy atom. The number of rotatable bonds is 8. The number of nitrogens with zero attached hydrogens (tertiary/aromatic N) is 2. The molecule has 0 unspecified atom stereocenters. The molecule has 4 rings (SSSR count). The number of carbonyl (C=O) groups excluding carboxylic acids is 1. The van der Waals surface area contributed by atoms with Crippen molar-refractivity contribution >= 4 is 27.6 Å². The fraction of sp³-hybridized carbons (Fsp3) is 0.0870. The average Bonchev–Trinajstić information content (AvgIpc) is 3.33. The molecule has 0 bridgehead atoms. The highest BCUT2D eigenvalue weighted by molar-refractivity contribution is 7.92. The second-order valence-corrected chi connectivity index (χ2v) is 8.82. The predicted octanol–water partition coefficient (Wildman–Crippen LogP) is 3.68. The number of hydrogen-bond donors (Lipinski definition) is 3. The molecule has 0 aliphatic heterocycles. The molecule has 0 aliphatic rings. The van der Waals surface area contributed by atoms with E-state index in [1.807, 2.05) is 0 Å². The van der Waals surface area contributed by atoms with Crippen molar-refractivity contribution in [3.63, 3.8) is 0 Å². The van der Waals surface area contributed by atoms with E-state index >= 15 is 0 Å². The quantitative estimate of drug-likeness (QED) is 0.338. The summed E-state index contributed by atoms with van der Waals surface area (Å²) >= 11 is 0. The Bertz CT molecular complexity index is 1490. The van der Waals surface area contributed by atoms with Crippen LogP contribution < -0.4 is 19.5 Å². The SMILES string of the molecule is COc1ccc(-c2nc(NC(=O)c3cccc(S(=O)(=O)Nc4ccccc4F)c3)n[nH]2)c(OC)c1. The highest BCUT2D eigenvalue weighted by Gasteiger charge is 2.19. The summed E-state index contributed by atoms with van der Waals surface area (Å²) in [6.45, 7) is 0. The van der Waals surface area contributed by atoms with Gasteiger partial charge in [-0.2, -0.15) is 4.98 Å². The third-order valence-corrected chi connectivity index (χ3v) is 6.26. The van der Waals surface area contributed by atoms with Crippen LogP contribution in [0.5, 0.6) is 11.5 Å². The van der Waals surface area contributed by atoms with Gasteiger partial charge in [0.2, 0.25) is 5.95 Å². The number of sulfonamides is 1. The van der Waals surface area contributed by atoms with Gasteiger partial charge in [0, 0.05) is 11.6 Å². The van der Waals surface area contributed by atoms with E-state index in [0.29, 0.717) is 22.9 Å². The molecule has 1 heterocycles. The Morgan fingerprint density at radius 3 is 2.54 bits per heavy atom. The van der Waals surface area contributed by atoms with E-state index < -0.39 is 21.7 Å². The lowest BCUT2D eigenvalue weighted by molar-refractivity contribution is 0.102. The van der Waals surface area contributed by atoms with Crippen LogP contribution in [0.4, 0.5) is 16.0 Å². The molecule has 10 nitrogen and oxygen atoms in total. The molecule has 3 N–H and O–H groups in total. The number of benzene rings is 3. The number of hydrogen-bond acceptors (Lipinski definition) is 7. The normalized spacial score (nSPS) is 11.1. The van der Waals surface area contributed by atoms with Crippen LogP contribution in [-0.2, 0) is 10.0 Å². The van der Waals surface area contributed by atoms with Crippen molar-refractivity contribution in [1.82, 2.24) is 15.2 Å². The summed E-state index contributed by atoms with van der Waals surface area (Å²) in [6.07, 6.45) is 0. The third kappa shape index (κ3) is 5.22. The van der Waals surface area contributed by atoms with Crippen molar-refractivity contribution in [2.45, 2.75) is 4.90 Å². The second kappa shape index (κ2) is 9.81. The lowest BCUT2D eigenvalue weighted by Crippen LogP contribution is -2.17. The first-order valence-corrected chi connectivity index (χ1v) is 11.6. The van der Waals surface area contributed by atoms with Crippen LogP contribution in [-0.4, -0.2) is 43.7 Å². The van der Waals surface area contributed by atoms with E-state index in [0.717, 1.165) is 6.07 Å². The maximum Gasteiger partial charge on any atom is 0.262 e. The van der Waals surface area contributed by atoms with Crippen LogP contribution in [0, 0.1) is 5.82 Å². The summed E-state index contributed by atoms with van der Waals surface area (Å²) in [5.41, 5.74) is 0.424. The number of ether oxygens (including phenoxy) is 2. The summed E-state index contributed by atoms with van der Waals surface area (Å²) in [5, 5.41) is 9.22. The van der Waals surface area contributed by atoms with Gasteiger partial charge in [0.25, 0.3) is 15.9 Å². The molecule has 3 aromatic carbocycles. The maximum atomic E-state index is 13.9. The highest BCUT2D eigenvalue weighted by Crippen LogP contribution is 2.31. The van der Waals surface area contributed by atoms with E-state index in [2.05, 4.69) is 25.2 Å². The number of H-pyrrole nitrogens is 1. The van der Waals surface area contributed by atoms with Crippen LogP contribution in [0.25, 0.3) is 11.4 Å². The van der Waals surface area contributed by atoms with Crippen LogP contribution in [0.2, 0.25) is 0 Å². The monoisotopic (exact) mass is 497 g/mol. The molecule has 1 amide bonds. The first kappa shape index (κ1) is 23.7. The van der Waals surface area contributed by atoms with Crippen molar-refractivity contribution in [3.8, 4) is 22.9 Å². The zero-order chi connectivity index (χ0) is 25.0. The molecule has 0 spiro atoms. The summed E-state index contributed by atoms with van der Waals surface area (Å²) in [5.74, 6) is 0.0292. The number of para-hydroxylation sites is 1. The topological polar surface area (TPSA) is 135 Å². The largest absolute Gasteiger partial charge is 0.497 e. The summed E-state index contributed by atoms with van der Waals surface area (Å²) in [6, 6.07) is 15.8. The Kier molecular flexibility index (Phi) is 6.64. The second-order valence-electron chi connectivity index (χ2n) is 7.14. The van der Waals surface area contributed by atoms with Gasteiger partial charge < -0.3 is 9.47 Å². The molecule has 4 aromatic rings. The van der Waals surface area contributed by atoms with Gasteiger partial charge in [0.05, 0.1) is 30.4 Å².